The predicted octanol–water partition coefficient (Wildman–Crippen LogP) is 1.33. The summed E-state index contributed by atoms with van der Waals surface area (Å²) < 4.78 is 10.4. The number of carbonyl (C=O) groups is 1. The van der Waals surface area contributed by atoms with Gasteiger partial charge in [0, 0.05) is 19.6 Å². The van der Waals surface area contributed by atoms with Crippen molar-refractivity contribution in [2.24, 2.45) is 5.92 Å². The SMILES string of the molecule is COCCOc1ccc(CNC(=O)C2CCNCC2)cc1. The lowest BCUT2D eigenvalue weighted by Crippen LogP contribution is -2.37. The van der Waals surface area contributed by atoms with E-state index in [0.717, 1.165) is 37.2 Å². The molecule has 0 saturated carbocycles. The van der Waals surface area contributed by atoms with Crippen LogP contribution in [-0.4, -0.2) is 39.3 Å². The molecule has 1 fully saturated rings. The highest BCUT2D eigenvalue weighted by Gasteiger charge is 2.20. The number of benzene rings is 1. The Labute approximate surface area is 126 Å². The zero-order valence-electron chi connectivity index (χ0n) is 12.6. The van der Waals surface area contributed by atoms with E-state index >= 15 is 0 Å². The van der Waals surface area contributed by atoms with Crippen molar-refractivity contribution >= 4 is 5.91 Å². The van der Waals surface area contributed by atoms with Crippen LogP contribution in [0.15, 0.2) is 24.3 Å². The monoisotopic (exact) mass is 292 g/mol. The van der Waals surface area contributed by atoms with Gasteiger partial charge in [-0.2, -0.15) is 0 Å². The van der Waals surface area contributed by atoms with Gasteiger partial charge in [-0.05, 0) is 43.6 Å². The minimum absolute atomic E-state index is 0.155. The van der Waals surface area contributed by atoms with Crippen LogP contribution in [0.4, 0.5) is 0 Å². The molecule has 1 aliphatic rings. The fourth-order valence-corrected chi connectivity index (χ4v) is 2.36. The number of amides is 1. The molecule has 1 saturated heterocycles. The van der Waals surface area contributed by atoms with Crippen LogP contribution in [0, 0.1) is 5.92 Å². The smallest absolute Gasteiger partial charge is 0.223 e. The first kappa shape index (κ1) is 15.8. The van der Waals surface area contributed by atoms with Crippen molar-refractivity contribution in [1.29, 1.82) is 0 Å². The van der Waals surface area contributed by atoms with E-state index in [-0.39, 0.29) is 11.8 Å². The van der Waals surface area contributed by atoms with Crippen LogP contribution in [-0.2, 0) is 16.1 Å². The quantitative estimate of drug-likeness (QED) is 0.744. The molecule has 1 heterocycles. The van der Waals surface area contributed by atoms with Crippen LogP contribution < -0.4 is 15.4 Å². The third-order valence-electron chi connectivity index (χ3n) is 3.66. The summed E-state index contributed by atoms with van der Waals surface area (Å²) in [6, 6.07) is 7.79. The molecule has 1 aromatic rings. The van der Waals surface area contributed by atoms with Crippen LogP contribution in [0.5, 0.6) is 5.75 Å². The van der Waals surface area contributed by atoms with Crippen molar-refractivity contribution < 1.29 is 14.3 Å². The van der Waals surface area contributed by atoms with Gasteiger partial charge in [-0.15, -0.1) is 0 Å². The molecule has 0 unspecified atom stereocenters. The second kappa shape index (κ2) is 8.64. The fourth-order valence-electron chi connectivity index (χ4n) is 2.36. The van der Waals surface area contributed by atoms with Gasteiger partial charge in [0.1, 0.15) is 12.4 Å². The molecular weight excluding hydrogens is 268 g/mol. The maximum absolute atomic E-state index is 12.0. The Morgan fingerprint density at radius 3 is 2.62 bits per heavy atom. The third-order valence-corrected chi connectivity index (χ3v) is 3.66. The first-order chi connectivity index (χ1) is 10.3. The van der Waals surface area contributed by atoms with Gasteiger partial charge in [-0.3, -0.25) is 4.79 Å². The minimum Gasteiger partial charge on any atom is -0.491 e. The number of carbonyl (C=O) groups excluding carboxylic acids is 1. The summed E-state index contributed by atoms with van der Waals surface area (Å²) in [5, 5.41) is 6.28. The number of methoxy groups -OCH3 is 1. The second-order valence-electron chi connectivity index (χ2n) is 5.23. The van der Waals surface area contributed by atoms with E-state index in [1.54, 1.807) is 7.11 Å². The zero-order chi connectivity index (χ0) is 14.9. The van der Waals surface area contributed by atoms with E-state index < -0.39 is 0 Å². The Morgan fingerprint density at radius 2 is 1.95 bits per heavy atom. The van der Waals surface area contributed by atoms with E-state index in [2.05, 4.69) is 10.6 Å². The number of ether oxygens (including phenoxy) is 2. The molecule has 0 atom stereocenters. The largest absolute Gasteiger partial charge is 0.491 e. The summed E-state index contributed by atoms with van der Waals surface area (Å²) >= 11 is 0. The molecule has 0 aliphatic carbocycles. The Morgan fingerprint density at radius 1 is 1.24 bits per heavy atom. The molecule has 1 aliphatic heterocycles. The van der Waals surface area contributed by atoms with Gasteiger partial charge in [0.2, 0.25) is 5.91 Å². The topological polar surface area (TPSA) is 59.6 Å². The molecule has 0 spiro atoms. The summed E-state index contributed by atoms with van der Waals surface area (Å²) in [7, 11) is 1.65. The Bertz CT molecular complexity index is 428. The molecule has 2 rings (SSSR count). The summed E-state index contributed by atoms with van der Waals surface area (Å²) in [5.41, 5.74) is 1.08. The Kier molecular flexibility index (Phi) is 6.50. The van der Waals surface area contributed by atoms with Crippen molar-refractivity contribution in [3.05, 3.63) is 29.8 Å². The molecule has 0 radical (unpaired) electrons. The maximum Gasteiger partial charge on any atom is 0.223 e. The predicted molar refractivity (Wildman–Crippen MR) is 81.3 cm³/mol. The molecule has 5 heteroatoms. The first-order valence-corrected chi connectivity index (χ1v) is 7.48. The van der Waals surface area contributed by atoms with Crippen molar-refractivity contribution in [2.45, 2.75) is 19.4 Å². The Balaban J connectivity index is 1.73. The summed E-state index contributed by atoms with van der Waals surface area (Å²) in [5.74, 6) is 1.14. The van der Waals surface area contributed by atoms with Crippen LogP contribution in [0.1, 0.15) is 18.4 Å². The van der Waals surface area contributed by atoms with Crippen LogP contribution in [0.2, 0.25) is 0 Å². The minimum atomic E-state index is 0.155. The van der Waals surface area contributed by atoms with E-state index in [1.807, 2.05) is 24.3 Å². The van der Waals surface area contributed by atoms with Gasteiger partial charge in [0.25, 0.3) is 0 Å². The van der Waals surface area contributed by atoms with Gasteiger partial charge in [-0.1, -0.05) is 12.1 Å². The second-order valence-corrected chi connectivity index (χ2v) is 5.23. The van der Waals surface area contributed by atoms with Crippen LogP contribution in [0.3, 0.4) is 0 Å². The molecule has 5 nitrogen and oxygen atoms in total. The maximum atomic E-state index is 12.0. The molecular formula is C16H24N2O3. The van der Waals surface area contributed by atoms with Crippen LogP contribution in [0.25, 0.3) is 0 Å². The number of hydrogen-bond acceptors (Lipinski definition) is 4. The van der Waals surface area contributed by atoms with Gasteiger partial charge in [-0.25, -0.2) is 0 Å². The van der Waals surface area contributed by atoms with Crippen molar-refractivity contribution in [1.82, 2.24) is 10.6 Å². The zero-order valence-corrected chi connectivity index (χ0v) is 12.6. The normalized spacial score (nSPS) is 15.7. The average molecular weight is 292 g/mol. The lowest BCUT2D eigenvalue weighted by molar-refractivity contribution is -0.125. The van der Waals surface area contributed by atoms with Gasteiger partial charge in [0.05, 0.1) is 6.61 Å². The standard InChI is InChI=1S/C16H24N2O3/c1-20-10-11-21-15-4-2-13(3-5-15)12-18-16(19)14-6-8-17-9-7-14/h2-5,14,17H,6-12H2,1H3,(H,18,19). The Hall–Kier alpha value is -1.59. The highest BCUT2D eigenvalue weighted by atomic mass is 16.5. The highest BCUT2D eigenvalue weighted by Crippen LogP contribution is 2.14. The number of piperidine rings is 1. The number of rotatable bonds is 7. The van der Waals surface area contributed by atoms with E-state index in [4.69, 9.17) is 9.47 Å². The van der Waals surface area contributed by atoms with E-state index in [0.29, 0.717) is 19.8 Å². The molecule has 1 amide bonds. The van der Waals surface area contributed by atoms with E-state index in [9.17, 15) is 4.79 Å². The van der Waals surface area contributed by atoms with Gasteiger partial charge >= 0.3 is 0 Å². The highest BCUT2D eigenvalue weighted by molar-refractivity contribution is 5.78. The first-order valence-electron chi connectivity index (χ1n) is 7.48. The lowest BCUT2D eigenvalue weighted by Gasteiger charge is -2.21. The molecule has 21 heavy (non-hydrogen) atoms. The van der Waals surface area contributed by atoms with Crippen molar-refractivity contribution in [3.8, 4) is 5.75 Å². The summed E-state index contributed by atoms with van der Waals surface area (Å²) in [6.07, 6.45) is 1.86. The number of nitrogens with one attached hydrogen (secondary N) is 2. The molecule has 0 bridgehead atoms. The third kappa shape index (κ3) is 5.36. The van der Waals surface area contributed by atoms with E-state index in [1.165, 1.54) is 0 Å². The van der Waals surface area contributed by atoms with Crippen molar-refractivity contribution in [2.75, 3.05) is 33.4 Å². The van der Waals surface area contributed by atoms with Crippen molar-refractivity contribution in [3.63, 3.8) is 0 Å². The summed E-state index contributed by atoms with van der Waals surface area (Å²) in [6.45, 7) is 3.56. The average Bonchev–Trinajstić information content (AvgIpc) is 2.55. The molecule has 1 aromatic carbocycles. The van der Waals surface area contributed by atoms with Gasteiger partial charge < -0.3 is 20.1 Å². The molecule has 116 valence electrons. The van der Waals surface area contributed by atoms with Crippen LogP contribution >= 0.6 is 0 Å². The number of hydrogen-bond donors (Lipinski definition) is 2. The lowest BCUT2D eigenvalue weighted by atomic mass is 9.97. The van der Waals surface area contributed by atoms with Gasteiger partial charge in [0.15, 0.2) is 0 Å². The summed E-state index contributed by atoms with van der Waals surface area (Å²) in [4.78, 5) is 12.0. The molecule has 2 N–H and O–H groups in total. The molecule has 0 aromatic heterocycles. The fraction of sp³-hybridized carbons (Fsp3) is 0.562.